The molecular weight excluding hydrogens is 234 g/mol. The van der Waals surface area contributed by atoms with E-state index >= 15 is 0 Å². The standard InChI is InChI=1S/C12H17N3O3/c16-10(2-6-15-7-5-13-9-15)14-12(3-1-4-12)8-11(17)18/h5,7,9H,1-4,6,8H2,(H,14,16)(H,17,18). The Morgan fingerprint density at radius 2 is 2.22 bits per heavy atom. The van der Waals surface area contributed by atoms with Crippen molar-refractivity contribution in [2.45, 2.75) is 44.2 Å². The Bertz CT molecular complexity index is 424. The molecule has 6 heteroatoms. The highest BCUT2D eigenvalue weighted by Gasteiger charge is 2.40. The highest BCUT2D eigenvalue weighted by Crippen LogP contribution is 2.34. The summed E-state index contributed by atoms with van der Waals surface area (Å²) in [6.07, 6.45) is 7.98. The first-order chi connectivity index (χ1) is 8.60. The summed E-state index contributed by atoms with van der Waals surface area (Å²) >= 11 is 0. The molecule has 1 saturated carbocycles. The quantitative estimate of drug-likeness (QED) is 0.782. The van der Waals surface area contributed by atoms with Crippen LogP contribution in [0.5, 0.6) is 0 Å². The molecule has 1 heterocycles. The first kappa shape index (κ1) is 12.6. The molecule has 1 fully saturated rings. The maximum Gasteiger partial charge on any atom is 0.305 e. The van der Waals surface area contributed by atoms with Crippen LogP contribution in [0.4, 0.5) is 0 Å². The van der Waals surface area contributed by atoms with Crippen molar-refractivity contribution in [2.75, 3.05) is 0 Å². The van der Waals surface area contributed by atoms with Crippen molar-refractivity contribution in [3.63, 3.8) is 0 Å². The number of carboxylic acid groups (broad SMARTS) is 1. The van der Waals surface area contributed by atoms with Gasteiger partial charge in [-0.25, -0.2) is 4.98 Å². The van der Waals surface area contributed by atoms with Crippen molar-refractivity contribution in [3.05, 3.63) is 18.7 Å². The average Bonchev–Trinajstić information content (AvgIpc) is 2.75. The number of aromatic nitrogens is 2. The summed E-state index contributed by atoms with van der Waals surface area (Å²) in [5.74, 6) is -0.950. The first-order valence-electron chi connectivity index (χ1n) is 6.08. The molecule has 0 bridgehead atoms. The molecule has 0 saturated heterocycles. The molecule has 1 amide bonds. The van der Waals surface area contributed by atoms with Crippen molar-refractivity contribution in [1.29, 1.82) is 0 Å². The van der Waals surface area contributed by atoms with Crippen LogP contribution in [0.25, 0.3) is 0 Å². The number of nitrogens with zero attached hydrogens (tertiary/aromatic N) is 2. The zero-order valence-corrected chi connectivity index (χ0v) is 10.1. The topological polar surface area (TPSA) is 84.2 Å². The van der Waals surface area contributed by atoms with E-state index in [1.165, 1.54) is 0 Å². The minimum Gasteiger partial charge on any atom is -0.481 e. The predicted molar refractivity (Wildman–Crippen MR) is 63.8 cm³/mol. The van der Waals surface area contributed by atoms with Gasteiger partial charge in [-0.15, -0.1) is 0 Å². The lowest BCUT2D eigenvalue weighted by atomic mass is 9.74. The van der Waals surface area contributed by atoms with Gasteiger partial charge in [-0.2, -0.15) is 0 Å². The molecule has 1 aromatic rings. The third kappa shape index (κ3) is 3.09. The number of carboxylic acids is 1. The van der Waals surface area contributed by atoms with Gasteiger partial charge in [0.25, 0.3) is 0 Å². The number of imidazole rings is 1. The van der Waals surface area contributed by atoms with E-state index in [0.717, 1.165) is 19.3 Å². The van der Waals surface area contributed by atoms with Crippen LogP contribution in [-0.2, 0) is 16.1 Å². The van der Waals surface area contributed by atoms with Crippen LogP contribution >= 0.6 is 0 Å². The van der Waals surface area contributed by atoms with Gasteiger partial charge >= 0.3 is 5.97 Å². The van der Waals surface area contributed by atoms with Crippen LogP contribution in [0.2, 0.25) is 0 Å². The van der Waals surface area contributed by atoms with Gasteiger partial charge < -0.3 is 15.0 Å². The second-order valence-corrected chi connectivity index (χ2v) is 4.80. The maximum atomic E-state index is 11.8. The molecule has 1 aliphatic rings. The van der Waals surface area contributed by atoms with E-state index in [9.17, 15) is 9.59 Å². The number of rotatable bonds is 6. The van der Waals surface area contributed by atoms with E-state index < -0.39 is 11.5 Å². The average molecular weight is 251 g/mol. The Labute approximate surface area is 105 Å². The van der Waals surface area contributed by atoms with Crippen LogP contribution in [0.1, 0.15) is 32.1 Å². The molecule has 6 nitrogen and oxygen atoms in total. The Morgan fingerprint density at radius 1 is 1.44 bits per heavy atom. The Morgan fingerprint density at radius 3 is 2.72 bits per heavy atom. The summed E-state index contributed by atoms with van der Waals surface area (Å²) < 4.78 is 1.82. The second-order valence-electron chi connectivity index (χ2n) is 4.80. The van der Waals surface area contributed by atoms with Crippen molar-refractivity contribution in [1.82, 2.24) is 14.9 Å². The molecule has 18 heavy (non-hydrogen) atoms. The number of carbonyl (C=O) groups is 2. The molecule has 1 aromatic heterocycles. The molecule has 0 radical (unpaired) electrons. The SMILES string of the molecule is O=C(O)CC1(NC(=O)CCn2ccnc2)CCC1. The number of aliphatic carboxylic acids is 1. The number of hydrogen-bond acceptors (Lipinski definition) is 3. The Kier molecular flexibility index (Phi) is 3.64. The maximum absolute atomic E-state index is 11.8. The van der Waals surface area contributed by atoms with Crippen LogP contribution in [-0.4, -0.2) is 32.1 Å². The number of aryl methyl sites for hydroxylation is 1. The third-order valence-electron chi connectivity index (χ3n) is 3.36. The van der Waals surface area contributed by atoms with Gasteiger partial charge in [-0.05, 0) is 19.3 Å². The number of hydrogen-bond donors (Lipinski definition) is 2. The number of amides is 1. The zero-order chi connectivity index (χ0) is 13.0. The molecule has 0 atom stereocenters. The molecular formula is C12H17N3O3. The van der Waals surface area contributed by atoms with Gasteiger partial charge in [0.15, 0.2) is 0 Å². The first-order valence-corrected chi connectivity index (χ1v) is 6.08. The van der Waals surface area contributed by atoms with Crippen molar-refractivity contribution >= 4 is 11.9 Å². The summed E-state index contributed by atoms with van der Waals surface area (Å²) in [4.78, 5) is 26.5. The zero-order valence-electron chi connectivity index (χ0n) is 10.1. The fraction of sp³-hybridized carbons (Fsp3) is 0.583. The third-order valence-corrected chi connectivity index (χ3v) is 3.36. The smallest absolute Gasteiger partial charge is 0.305 e. The van der Waals surface area contributed by atoms with E-state index in [2.05, 4.69) is 10.3 Å². The molecule has 0 aromatic carbocycles. The van der Waals surface area contributed by atoms with Crippen molar-refractivity contribution in [3.8, 4) is 0 Å². The van der Waals surface area contributed by atoms with E-state index in [1.54, 1.807) is 18.7 Å². The molecule has 0 spiro atoms. The Balaban J connectivity index is 1.80. The van der Waals surface area contributed by atoms with E-state index in [1.807, 2.05) is 4.57 Å². The minimum absolute atomic E-state index is 0.0177. The van der Waals surface area contributed by atoms with Crippen LogP contribution in [0.15, 0.2) is 18.7 Å². The number of nitrogens with one attached hydrogen (secondary N) is 1. The largest absolute Gasteiger partial charge is 0.481 e. The number of carbonyl (C=O) groups excluding carboxylic acids is 1. The normalized spacial score (nSPS) is 16.9. The lowest BCUT2D eigenvalue weighted by Gasteiger charge is -2.41. The van der Waals surface area contributed by atoms with Gasteiger partial charge in [0, 0.05) is 25.4 Å². The summed E-state index contributed by atoms with van der Waals surface area (Å²) in [6.45, 7) is 0.564. The van der Waals surface area contributed by atoms with Crippen LogP contribution in [0, 0.1) is 0 Å². The van der Waals surface area contributed by atoms with Gasteiger partial charge in [0.2, 0.25) is 5.91 Å². The van der Waals surface area contributed by atoms with Crippen molar-refractivity contribution < 1.29 is 14.7 Å². The van der Waals surface area contributed by atoms with Crippen LogP contribution < -0.4 is 5.32 Å². The van der Waals surface area contributed by atoms with E-state index in [4.69, 9.17) is 5.11 Å². The van der Waals surface area contributed by atoms with E-state index in [0.29, 0.717) is 13.0 Å². The monoisotopic (exact) mass is 251 g/mol. The summed E-state index contributed by atoms with van der Waals surface area (Å²) in [5, 5.41) is 11.7. The Hall–Kier alpha value is -1.85. The summed E-state index contributed by atoms with van der Waals surface area (Å²) in [5.41, 5.74) is -0.502. The molecule has 2 rings (SSSR count). The van der Waals surface area contributed by atoms with Gasteiger partial charge in [-0.1, -0.05) is 0 Å². The predicted octanol–water partition coefficient (Wildman–Crippen LogP) is 0.787. The van der Waals surface area contributed by atoms with Gasteiger partial charge in [0.05, 0.1) is 18.3 Å². The minimum atomic E-state index is -0.857. The molecule has 98 valence electrons. The summed E-state index contributed by atoms with van der Waals surface area (Å²) in [7, 11) is 0. The molecule has 2 N–H and O–H groups in total. The summed E-state index contributed by atoms with van der Waals surface area (Å²) in [6, 6.07) is 0. The lowest BCUT2D eigenvalue weighted by Crippen LogP contribution is -2.54. The highest BCUT2D eigenvalue weighted by molar-refractivity contribution is 5.78. The van der Waals surface area contributed by atoms with Crippen LogP contribution in [0.3, 0.4) is 0 Å². The molecule has 0 unspecified atom stereocenters. The fourth-order valence-corrected chi connectivity index (χ4v) is 2.25. The van der Waals surface area contributed by atoms with Gasteiger partial charge in [-0.3, -0.25) is 9.59 Å². The van der Waals surface area contributed by atoms with Crippen molar-refractivity contribution in [2.24, 2.45) is 0 Å². The van der Waals surface area contributed by atoms with E-state index in [-0.39, 0.29) is 12.3 Å². The second kappa shape index (κ2) is 5.20. The molecule has 1 aliphatic carbocycles. The molecule has 0 aliphatic heterocycles. The van der Waals surface area contributed by atoms with Gasteiger partial charge in [0.1, 0.15) is 0 Å². The fourth-order valence-electron chi connectivity index (χ4n) is 2.25. The highest BCUT2D eigenvalue weighted by atomic mass is 16.4. The lowest BCUT2D eigenvalue weighted by molar-refractivity contribution is -0.140.